The van der Waals surface area contributed by atoms with Gasteiger partial charge in [-0.05, 0) is 13.5 Å². The first-order valence-corrected chi connectivity index (χ1v) is 5.78. The van der Waals surface area contributed by atoms with E-state index in [-0.39, 0.29) is 11.5 Å². The molecule has 0 unspecified atom stereocenters. The molecule has 0 saturated carbocycles. The minimum Gasteiger partial charge on any atom is -0.385 e. The summed E-state index contributed by atoms with van der Waals surface area (Å²) in [7, 11) is 0.452. The molecule has 0 spiro atoms. The second-order valence-corrected chi connectivity index (χ2v) is 4.91. The van der Waals surface area contributed by atoms with Gasteiger partial charge in [0, 0.05) is 20.3 Å². The molecule has 0 aromatic carbocycles. The quantitative estimate of drug-likeness (QED) is 0.565. The lowest BCUT2D eigenvalue weighted by molar-refractivity contribution is 0.199. The first-order valence-electron chi connectivity index (χ1n) is 3.96. The predicted octanol–water partition coefficient (Wildman–Crippen LogP) is -0.343. The summed E-state index contributed by atoms with van der Waals surface area (Å²) in [5.41, 5.74) is 0. The molecule has 0 atom stereocenters. The fraction of sp³-hybridized carbons (Fsp3) is 1.00. The largest absolute Gasteiger partial charge is 0.385 e. The Hall–Kier alpha value is -0.130. The van der Waals surface area contributed by atoms with Crippen molar-refractivity contribution < 1.29 is 13.2 Å². The number of hydrogen-bond acceptors (Lipinski definition) is 4. The number of ether oxygens (including phenoxy) is 1. The fourth-order valence-electron chi connectivity index (χ4n) is 0.783. The Morgan fingerprint density at radius 3 is 2.50 bits per heavy atom. The van der Waals surface area contributed by atoms with Crippen LogP contribution < -0.4 is 5.32 Å². The molecule has 5 heteroatoms. The van der Waals surface area contributed by atoms with Gasteiger partial charge >= 0.3 is 0 Å². The molecule has 0 saturated heterocycles. The SMILES string of the molecule is CNCCS(=O)(=O)CCCOC. The van der Waals surface area contributed by atoms with Crippen molar-refractivity contribution in [2.75, 3.05) is 38.8 Å². The van der Waals surface area contributed by atoms with Gasteiger partial charge in [-0.3, -0.25) is 0 Å². The van der Waals surface area contributed by atoms with E-state index in [9.17, 15) is 8.42 Å². The van der Waals surface area contributed by atoms with Crippen LogP contribution in [0.25, 0.3) is 0 Å². The van der Waals surface area contributed by atoms with Crippen molar-refractivity contribution in [1.82, 2.24) is 5.32 Å². The topological polar surface area (TPSA) is 55.4 Å². The van der Waals surface area contributed by atoms with Crippen molar-refractivity contribution in [3.8, 4) is 0 Å². The summed E-state index contributed by atoms with van der Waals surface area (Å²) in [6, 6.07) is 0. The van der Waals surface area contributed by atoms with Crippen LogP contribution in [0.4, 0.5) is 0 Å². The van der Waals surface area contributed by atoms with Crippen LogP contribution in [0.1, 0.15) is 6.42 Å². The Morgan fingerprint density at radius 2 is 2.00 bits per heavy atom. The van der Waals surface area contributed by atoms with Crippen LogP contribution in [0.15, 0.2) is 0 Å². The van der Waals surface area contributed by atoms with Gasteiger partial charge in [0.2, 0.25) is 0 Å². The summed E-state index contributed by atoms with van der Waals surface area (Å²) in [5, 5.41) is 2.80. The van der Waals surface area contributed by atoms with Gasteiger partial charge in [-0.2, -0.15) is 0 Å². The van der Waals surface area contributed by atoms with Crippen molar-refractivity contribution in [2.24, 2.45) is 0 Å². The molecule has 12 heavy (non-hydrogen) atoms. The maximum absolute atomic E-state index is 11.2. The van der Waals surface area contributed by atoms with Crippen molar-refractivity contribution in [2.45, 2.75) is 6.42 Å². The summed E-state index contributed by atoms with van der Waals surface area (Å²) >= 11 is 0. The van der Waals surface area contributed by atoms with Crippen molar-refractivity contribution >= 4 is 9.84 Å². The number of nitrogens with one attached hydrogen (secondary N) is 1. The highest BCUT2D eigenvalue weighted by atomic mass is 32.2. The highest BCUT2D eigenvalue weighted by Gasteiger charge is 2.08. The highest BCUT2D eigenvalue weighted by molar-refractivity contribution is 7.91. The molecule has 0 aliphatic heterocycles. The second-order valence-electron chi connectivity index (χ2n) is 2.60. The molecule has 0 aromatic heterocycles. The van der Waals surface area contributed by atoms with E-state index >= 15 is 0 Å². The lowest BCUT2D eigenvalue weighted by Crippen LogP contribution is -2.21. The summed E-state index contributed by atoms with van der Waals surface area (Å²) < 4.78 is 27.1. The predicted molar refractivity (Wildman–Crippen MR) is 49.1 cm³/mol. The average molecular weight is 195 g/mol. The van der Waals surface area contributed by atoms with Crippen LogP contribution in [0.2, 0.25) is 0 Å². The van der Waals surface area contributed by atoms with Gasteiger partial charge in [0.25, 0.3) is 0 Å². The van der Waals surface area contributed by atoms with Crippen LogP contribution in [-0.4, -0.2) is 47.2 Å². The van der Waals surface area contributed by atoms with Crippen LogP contribution in [0.5, 0.6) is 0 Å². The molecule has 0 fully saturated rings. The van der Waals surface area contributed by atoms with Gasteiger partial charge < -0.3 is 10.1 Å². The zero-order valence-electron chi connectivity index (χ0n) is 7.67. The third-order valence-corrected chi connectivity index (χ3v) is 3.20. The molecular formula is C7H17NO3S. The smallest absolute Gasteiger partial charge is 0.151 e. The Morgan fingerprint density at radius 1 is 1.33 bits per heavy atom. The number of sulfone groups is 1. The van der Waals surface area contributed by atoms with Gasteiger partial charge in [-0.1, -0.05) is 0 Å². The van der Waals surface area contributed by atoms with E-state index < -0.39 is 9.84 Å². The van der Waals surface area contributed by atoms with E-state index in [1.54, 1.807) is 14.2 Å². The van der Waals surface area contributed by atoms with Gasteiger partial charge in [0.1, 0.15) is 0 Å². The first kappa shape index (κ1) is 11.9. The van der Waals surface area contributed by atoms with Gasteiger partial charge in [-0.15, -0.1) is 0 Å². The Kier molecular flexibility index (Phi) is 6.32. The zero-order valence-corrected chi connectivity index (χ0v) is 8.49. The molecule has 0 radical (unpaired) electrons. The van der Waals surface area contributed by atoms with Crippen LogP contribution in [-0.2, 0) is 14.6 Å². The molecule has 0 aliphatic carbocycles. The van der Waals surface area contributed by atoms with E-state index in [2.05, 4.69) is 5.32 Å². The van der Waals surface area contributed by atoms with E-state index in [1.807, 2.05) is 0 Å². The van der Waals surface area contributed by atoms with Crippen molar-refractivity contribution in [3.63, 3.8) is 0 Å². The third-order valence-electron chi connectivity index (χ3n) is 1.47. The molecule has 74 valence electrons. The molecule has 0 aliphatic rings. The molecule has 0 rings (SSSR count). The number of methoxy groups -OCH3 is 1. The summed E-state index contributed by atoms with van der Waals surface area (Å²) in [6.45, 7) is 1.04. The van der Waals surface area contributed by atoms with Crippen LogP contribution >= 0.6 is 0 Å². The molecule has 4 nitrogen and oxygen atoms in total. The standard InChI is InChI=1S/C7H17NO3S/c1-8-4-7-12(9,10)6-3-5-11-2/h8H,3-7H2,1-2H3. The molecule has 0 bridgehead atoms. The molecular weight excluding hydrogens is 178 g/mol. The van der Waals surface area contributed by atoms with Gasteiger partial charge in [-0.25, -0.2) is 8.42 Å². The average Bonchev–Trinajstić information content (AvgIpc) is 2.01. The van der Waals surface area contributed by atoms with Crippen LogP contribution in [0.3, 0.4) is 0 Å². The molecule has 0 heterocycles. The maximum Gasteiger partial charge on any atom is 0.151 e. The Bertz CT molecular complexity index is 189. The van der Waals surface area contributed by atoms with E-state index in [4.69, 9.17) is 4.74 Å². The van der Waals surface area contributed by atoms with Crippen molar-refractivity contribution in [1.29, 1.82) is 0 Å². The first-order chi connectivity index (χ1) is 5.62. The zero-order chi connectivity index (χ0) is 9.45. The Labute approximate surface area is 74.2 Å². The number of hydrogen-bond donors (Lipinski definition) is 1. The summed E-state index contributed by atoms with van der Waals surface area (Å²) in [4.78, 5) is 0. The summed E-state index contributed by atoms with van der Waals surface area (Å²) in [6.07, 6.45) is 0.586. The van der Waals surface area contributed by atoms with Crippen molar-refractivity contribution in [3.05, 3.63) is 0 Å². The van der Waals surface area contributed by atoms with E-state index in [1.165, 1.54) is 0 Å². The highest BCUT2D eigenvalue weighted by Crippen LogP contribution is 1.93. The van der Waals surface area contributed by atoms with E-state index in [0.717, 1.165) is 0 Å². The van der Waals surface area contributed by atoms with Gasteiger partial charge in [0.05, 0.1) is 11.5 Å². The lowest BCUT2D eigenvalue weighted by atomic mass is 10.5. The molecule has 0 amide bonds. The third kappa shape index (κ3) is 6.57. The van der Waals surface area contributed by atoms with Crippen LogP contribution in [0, 0.1) is 0 Å². The molecule has 1 N–H and O–H groups in total. The number of rotatable bonds is 7. The lowest BCUT2D eigenvalue weighted by Gasteiger charge is -2.02. The Balaban J connectivity index is 3.58. The maximum atomic E-state index is 11.2. The normalized spacial score (nSPS) is 11.8. The minimum atomic E-state index is -2.86. The minimum absolute atomic E-state index is 0.215. The summed E-state index contributed by atoms with van der Waals surface area (Å²) in [5.74, 6) is 0.440. The van der Waals surface area contributed by atoms with Gasteiger partial charge in [0.15, 0.2) is 9.84 Å². The van der Waals surface area contributed by atoms with E-state index in [0.29, 0.717) is 19.6 Å². The fourth-order valence-corrected chi connectivity index (χ4v) is 2.06. The second kappa shape index (κ2) is 6.39. The monoisotopic (exact) mass is 195 g/mol. The molecule has 0 aromatic rings.